The third-order valence-electron chi connectivity index (χ3n) is 4.30. The number of hydrogen-bond acceptors (Lipinski definition) is 5. The van der Waals surface area contributed by atoms with Crippen LogP contribution in [-0.4, -0.2) is 28.6 Å². The first-order chi connectivity index (χ1) is 11.5. The fourth-order valence-electron chi connectivity index (χ4n) is 2.68. The summed E-state index contributed by atoms with van der Waals surface area (Å²) in [7, 11) is 0. The highest BCUT2D eigenvalue weighted by molar-refractivity contribution is 7.15. The highest BCUT2D eigenvalue weighted by Crippen LogP contribution is 2.28. The van der Waals surface area contributed by atoms with E-state index in [1.807, 2.05) is 39.0 Å². The van der Waals surface area contributed by atoms with Gasteiger partial charge in [-0.15, -0.1) is 10.2 Å². The first-order valence-electron chi connectivity index (χ1n) is 7.98. The van der Waals surface area contributed by atoms with E-state index in [4.69, 9.17) is 0 Å². The molecule has 0 spiro atoms. The van der Waals surface area contributed by atoms with Crippen molar-refractivity contribution in [2.24, 2.45) is 5.92 Å². The summed E-state index contributed by atoms with van der Waals surface area (Å²) in [6, 6.07) is 5.92. The van der Waals surface area contributed by atoms with Crippen molar-refractivity contribution >= 4 is 34.0 Å². The number of hydrogen-bond donors (Lipinski definition) is 1. The van der Waals surface area contributed by atoms with Crippen molar-refractivity contribution in [1.29, 1.82) is 0 Å². The fraction of sp³-hybridized carbons (Fsp3) is 0.412. The zero-order valence-electron chi connectivity index (χ0n) is 14.0. The predicted octanol–water partition coefficient (Wildman–Crippen LogP) is 2.71. The molecule has 1 aromatic heterocycles. The minimum atomic E-state index is -0.368. The van der Waals surface area contributed by atoms with Crippen LogP contribution >= 0.6 is 11.3 Å². The van der Waals surface area contributed by atoms with Crippen LogP contribution in [0.5, 0.6) is 0 Å². The first-order valence-corrected chi connectivity index (χ1v) is 8.80. The number of nitrogens with one attached hydrogen (secondary N) is 1. The highest BCUT2D eigenvalue weighted by Gasteiger charge is 2.35. The number of carbonyl (C=O) groups is 2. The normalized spacial score (nSPS) is 17.4. The van der Waals surface area contributed by atoms with E-state index < -0.39 is 0 Å². The van der Waals surface area contributed by atoms with Crippen LogP contribution in [0.15, 0.2) is 18.2 Å². The molecule has 1 atom stereocenters. The third-order valence-corrected chi connectivity index (χ3v) is 5.28. The van der Waals surface area contributed by atoms with Gasteiger partial charge >= 0.3 is 0 Å². The van der Waals surface area contributed by atoms with Crippen LogP contribution in [0.2, 0.25) is 0 Å². The molecule has 2 amide bonds. The maximum absolute atomic E-state index is 12.4. The van der Waals surface area contributed by atoms with E-state index in [0.717, 1.165) is 22.7 Å². The Balaban J connectivity index is 1.69. The molecule has 1 aromatic carbocycles. The second-order valence-corrected chi connectivity index (χ2v) is 7.08. The minimum Gasteiger partial charge on any atom is -0.312 e. The van der Waals surface area contributed by atoms with E-state index in [1.165, 1.54) is 16.9 Å². The number of aryl methyl sites for hydroxylation is 3. The van der Waals surface area contributed by atoms with Crippen LogP contribution in [-0.2, 0) is 16.0 Å². The van der Waals surface area contributed by atoms with Crippen LogP contribution in [0, 0.1) is 19.8 Å². The maximum Gasteiger partial charge on any atom is 0.231 e. The smallest absolute Gasteiger partial charge is 0.231 e. The Labute approximate surface area is 144 Å². The van der Waals surface area contributed by atoms with Gasteiger partial charge in [0.05, 0.1) is 5.92 Å². The quantitative estimate of drug-likeness (QED) is 0.925. The largest absolute Gasteiger partial charge is 0.312 e. The molecule has 2 heterocycles. The summed E-state index contributed by atoms with van der Waals surface area (Å²) in [6.45, 7) is 6.44. The summed E-state index contributed by atoms with van der Waals surface area (Å²) in [4.78, 5) is 26.4. The zero-order chi connectivity index (χ0) is 17.3. The Kier molecular flexibility index (Phi) is 4.62. The van der Waals surface area contributed by atoms with Gasteiger partial charge in [0.25, 0.3) is 0 Å². The molecule has 0 unspecified atom stereocenters. The minimum absolute atomic E-state index is 0.0232. The van der Waals surface area contributed by atoms with Crippen molar-refractivity contribution in [3.63, 3.8) is 0 Å². The van der Waals surface area contributed by atoms with Crippen LogP contribution in [0.4, 0.5) is 10.8 Å². The number of aromatic nitrogens is 2. The van der Waals surface area contributed by atoms with Crippen LogP contribution in [0.25, 0.3) is 0 Å². The molecule has 6 nitrogen and oxygen atoms in total. The van der Waals surface area contributed by atoms with E-state index in [2.05, 4.69) is 15.5 Å². The molecule has 0 radical (unpaired) electrons. The lowest BCUT2D eigenvalue weighted by molar-refractivity contribution is -0.122. The van der Waals surface area contributed by atoms with Gasteiger partial charge in [0.15, 0.2) is 0 Å². The molecule has 1 N–H and O–H groups in total. The molecule has 1 aliphatic rings. The van der Waals surface area contributed by atoms with Crippen molar-refractivity contribution in [3.8, 4) is 0 Å². The summed E-state index contributed by atoms with van der Waals surface area (Å²) >= 11 is 1.37. The fourth-order valence-corrected chi connectivity index (χ4v) is 3.36. The summed E-state index contributed by atoms with van der Waals surface area (Å²) in [6.07, 6.45) is 1.01. The number of anilines is 2. The Morgan fingerprint density at radius 2 is 2.12 bits per heavy atom. The Morgan fingerprint density at radius 1 is 1.33 bits per heavy atom. The Bertz CT molecular complexity index is 787. The molecule has 24 heavy (non-hydrogen) atoms. The van der Waals surface area contributed by atoms with E-state index >= 15 is 0 Å². The standard InChI is InChI=1S/C17H20N4O2S/c1-4-14-19-20-17(24-14)18-16(23)12-8-15(22)21(9-12)13-6-5-10(2)11(3)7-13/h5-7,12H,4,8-9H2,1-3H3,(H,18,20,23)/t12-/m1/s1. The van der Waals surface area contributed by atoms with Crippen molar-refractivity contribution in [2.75, 3.05) is 16.8 Å². The number of amides is 2. The second kappa shape index (κ2) is 6.68. The van der Waals surface area contributed by atoms with Gasteiger partial charge in [-0.2, -0.15) is 0 Å². The maximum atomic E-state index is 12.4. The van der Waals surface area contributed by atoms with Gasteiger partial charge < -0.3 is 10.2 Å². The monoisotopic (exact) mass is 344 g/mol. The second-order valence-electron chi connectivity index (χ2n) is 6.02. The topological polar surface area (TPSA) is 75.2 Å². The SMILES string of the molecule is CCc1nnc(NC(=O)[C@@H]2CC(=O)N(c3ccc(C)c(C)c3)C2)s1. The van der Waals surface area contributed by atoms with Crippen LogP contribution < -0.4 is 10.2 Å². The number of nitrogens with zero attached hydrogens (tertiary/aromatic N) is 3. The lowest BCUT2D eigenvalue weighted by Crippen LogP contribution is -2.28. The van der Waals surface area contributed by atoms with Crippen molar-refractivity contribution in [1.82, 2.24) is 10.2 Å². The third kappa shape index (κ3) is 3.31. The molecule has 2 aromatic rings. The Hall–Kier alpha value is -2.28. The van der Waals surface area contributed by atoms with E-state index in [1.54, 1.807) is 4.90 Å². The number of rotatable bonds is 4. The van der Waals surface area contributed by atoms with E-state index in [-0.39, 0.29) is 24.2 Å². The lowest BCUT2D eigenvalue weighted by atomic mass is 10.1. The van der Waals surface area contributed by atoms with Gasteiger partial charge in [-0.05, 0) is 43.5 Å². The van der Waals surface area contributed by atoms with Crippen molar-refractivity contribution in [3.05, 3.63) is 34.3 Å². The van der Waals surface area contributed by atoms with Gasteiger partial charge in [-0.3, -0.25) is 9.59 Å². The van der Waals surface area contributed by atoms with Crippen LogP contribution in [0.1, 0.15) is 29.5 Å². The highest BCUT2D eigenvalue weighted by atomic mass is 32.1. The number of carbonyl (C=O) groups excluding carboxylic acids is 2. The molecule has 126 valence electrons. The van der Waals surface area contributed by atoms with Gasteiger partial charge in [-0.1, -0.05) is 24.3 Å². The van der Waals surface area contributed by atoms with Crippen molar-refractivity contribution in [2.45, 2.75) is 33.6 Å². The van der Waals surface area contributed by atoms with Crippen molar-refractivity contribution < 1.29 is 9.59 Å². The zero-order valence-corrected chi connectivity index (χ0v) is 14.8. The molecule has 1 saturated heterocycles. The Morgan fingerprint density at radius 3 is 2.79 bits per heavy atom. The molecule has 0 bridgehead atoms. The van der Waals surface area contributed by atoms with Gasteiger partial charge in [0, 0.05) is 18.7 Å². The van der Waals surface area contributed by atoms with Crippen LogP contribution in [0.3, 0.4) is 0 Å². The van der Waals surface area contributed by atoms with E-state index in [9.17, 15) is 9.59 Å². The molecule has 0 saturated carbocycles. The van der Waals surface area contributed by atoms with Gasteiger partial charge in [-0.25, -0.2) is 0 Å². The van der Waals surface area contributed by atoms with Gasteiger partial charge in [0.2, 0.25) is 16.9 Å². The average Bonchev–Trinajstić information content (AvgIpc) is 3.16. The molecular weight excluding hydrogens is 324 g/mol. The summed E-state index contributed by atoms with van der Waals surface area (Å²) in [5, 5.41) is 12.1. The predicted molar refractivity (Wildman–Crippen MR) is 94.3 cm³/mol. The summed E-state index contributed by atoms with van der Waals surface area (Å²) in [5.41, 5.74) is 3.17. The molecule has 1 fully saturated rings. The molecule has 1 aliphatic heterocycles. The van der Waals surface area contributed by atoms with Gasteiger partial charge in [0.1, 0.15) is 5.01 Å². The summed E-state index contributed by atoms with van der Waals surface area (Å²) in [5.74, 6) is -0.563. The molecule has 7 heteroatoms. The number of benzene rings is 1. The first kappa shape index (κ1) is 16.6. The van der Waals surface area contributed by atoms with E-state index in [0.29, 0.717) is 11.7 Å². The molecular formula is C17H20N4O2S. The molecule has 3 rings (SSSR count). The molecule has 0 aliphatic carbocycles. The average molecular weight is 344 g/mol. The lowest BCUT2D eigenvalue weighted by Gasteiger charge is -2.17. The summed E-state index contributed by atoms with van der Waals surface area (Å²) < 4.78 is 0.